The summed E-state index contributed by atoms with van der Waals surface area (Å²) < 4.78 is 1.58. The summed E-state index contributed by atoms with van der Waals surface area (Å²) in [6.45, 7) is 0.470. The molecule has 7 heteroatoms. The lowest BCUT2D eigenvalue weighted by Gasteiger charge is -2.10. The highest BCUT2D eigenvalue weighted by Gasteiger charge is 2.14. The molecule has 2 aromatic heterocycles. The van der Waals surface area contributed by atoms with Gasteiger partial charge in [0.25, 0.3) is 0 Å². The Bertz CT molecular complexity index is 648. The van der Waals surface area contributed by atoms with E-state index in [2.05, 4.69) is 27.5 Å². The number of anilines is 1. The van der Waals surface area contributed by atoms with Gasteiger partial charge in [0, 0.05) is 12.6 Å². The van der Waals surface area contributed by atoms with E-state index < -0.39 is 0 Å². The number of fused-ring (bicyclic) bond motifs is 1. The summed E-state index contributed by atoms with van der Waals surface area (Å²) in [5.41, 5.74) is 1.13. The van der Waals surface area contributed by atoms with Crippen molar-refractivity contribution in [2.24, 2.45) is 0 Å². The molecule has 2 rings (SSSR count). The topological polar surface area (TPSA) is 89.8 Å². The Labute approximate surface area is 108 Å². The summed E-state index contributed by atoms with van der Waals surface area (Å²) in [6.07, 6.45) is 3.86. The van der Waals surface area contributed by atoms with Gasteiger partial charge in [-0.2, -0.15) is 20.1 Å². The third-order valence-electron chi connectivity index (χ3n) is 2.34. The number of nitriles is 2. The van der Waals surface area contributed by atoms with Gasteiger partial charge in [0.05, 0.1) is 18.7 Å². The molecule has 0 aliphatic heterocycles. The second-order valence-electron chi connectivity index (χ2n) is 3.39. The number of nitrogens with one attached hydrogen (secondary N) is 1. The maximum absolute atomic E-state index is 9.23. The van der Waals surface area contributed by atoms with Gasteiger partial charge < -0.3 is 5.32 Å². The van der Waals surface area contributed by atoms with Gasteiger partial charge in [-0.15, -0.1) is 11.8 Å². The summed E-state index contributed by atoms with van der Waals surface area (Å²) in [6, 6.07) is 5.96. The molecule has 0 aromatic carbocycles. The molecule has 0 radical (unpaired) electrons. The van der Waals surface area contributed by atoms with Crippen molar-refractivity contribution < 1.29 is 0 Å². The van der Waals surface area contributed by atoms with Gasteiger partial charge >= 0.3 is 0 Å². The lowest BCUT2D eigenvalue weighted by atomic mass is 10.3. The van der Waals surface area contributed by atoms with Crippen LogP contribution in [-0.4, -0.2) is 27.4 Å². The SMILES string of the molecule is CSc1nc2ccnn2c(NCCC#N)c1C#N. The van der Waals surface area contributed by atoms with Crippen molar-refractivity contribution in [3.8, 4) is 12.1 Å². The van der Waals surface area contributed by atoms with Gasteiger partial charge in [-0.1, -0.05) is 0 Å². The molecule has 0 bridgehead atoms. The number of nitrogens with zero attached hydrogens (tertiary/aromatic N) is 5. The van der Waals surface area contributed by atoms with Crippen molar-refractivity contribution in [2.75, 3.05) is 18.1 Å². The number of hydrogen-bond donors (Lipinski definition) is 1. The predicted molar refractivity (Wildman–Crippen MR) is 68.2 cm³/mol. The van der Waals surface area contributed by atoms with Crippen molar-refractivity contribution in [3.05, 3.63) is 17.8 Å². The van der Waals surface area contributed by atoms with E-state index in [1.165, 1.54) is 11.8 Å². The van der Waals surface area contributed by atoms with Gasteiger partial charge in [0.1, 0.15) is 16.7 Å². The highest BCUT2D eigenvalue weighted by molar-refractivity contribution is 7.98. The maximum Gasteiger partial charge on any atom is 0.158 e. The molecular formula is C11H10N6S. The molecule has 2 heterocycles. The first-order valence-corrected chi connectivity index (χ1v) is 6.47. The Hall–Kier alpha value is -2.25. The van der Waals surface area contributed by atoms with Crippen LogP contribution < -0.4 is 5.32 Å². The molecule has 18 heavy (non-hydrogen) atoms. The molecule has 0 aliphatic rings. The third kappa shape index (κ3) is 2.08. The van der Waals surface area contributed by atoms with Crippen LogP contribution in [0.25, 0.3) is 5.65 Å². The Morgan fingerprint density at radius 3 is 3.00 bits per heavy atom. The summed E-state index contributed by atoms with van der Waals surface area (Å²) in [5, 5.41) is 25.6. The summed E-state index contributed by atoms with van der Waals surface area (Å²) in [7, 11) is 0. The second-order valence-corrected chi connectivity index (χ2v) is 4.19. The fraction of sp³-hybridized carbons (Fsp3) is 0.273. The van der Waals surface area contributed by atoms with Crippen molar-refractivity contribution in [1.29, 1.82) is 10.5 Å². The van der Waals surface area contributed by atoms with Gasteiger partial charge in [0.15, 0.2) is 11.5 Å². The van der Waals surface area contributed by atoms with Gasteiger partial charge in [-0.05, 0) is 6.26 Å². The second kappa shape index (κ2) is 5.39. The molecule has 6 nitrogen and oxygen atoms in total. The van der Waals surface area contributed by atoms with E-state index in [1.807, 2.05) is 6.26 Å². The Kier molecular flexibility index (Phi) is 3.66. The number of hydrogen-bond acceptors (Lipinski definition) is 6. The quantitative estimate of drug-likeness (QED) is 0.509. The van der Waals surface area contributed by atoms with E-state index in [1.54, 1.807) is 16.8 Å². The molecule has 0 saturated heterocycles. The van der Waals surface area contributed by atoms with Crippen LogP contribution in [0.1, 0.15) is 12.0 Å². The minimum Gasteiger partial charge on any atom is -0.368 e. The minimum atomic E-state index is 0.366. The standard InChI is InChI=1S/C11H10N6S/c1-18-11-8(7-13)10(14-5-2-4-12)17-9(16-11)3-6-15-17/h3,6,14H,2,5H2,1H3. The fourth-order valence-corrected chi connectivity index (χ4v) is 2.10. The van der Waals surface area contributed by atoms with Crippen LogP contribution in [0.2, 0.25) is 0 Å². The lowest BCUT2D eigenvalue weighted by molar-refractivity contribution is 0.895. The molecule has 0 unspecified atom stereocenters. The third-order valence-corrected chi connectivity index (χ3v) is 3.02. The number of thioether (sulfide) groups is 1. The normalized spacial score (nSPS) is 9.94. The smallest absolute Gasteiger partial charge is 0.158 e. The zero-order valence-corrected chi connectivity index (χ0v) is 10.5. The van der Waals surface area contributed by atoms with Crippen molar-refractivity contribution in [3.63, 3.8) is 0 Å². The molecule has 2 aromatic rings. The monoisotopic (exact) mass is 258 g/mol. The van der Waals surface area contributed by atoms with E-state index in [-0.39, 0.29) is 0 Å². The first kappa shape index (κ1) is 12.2. The molecule has 0 amide bonds. The molecule has 0 atom stereocenters. The molecule has 90 valence electrons. The Morgan fingerprint density at radius 2 is 2.33 bits per heavy atom. The molecule has 0 fully saturated rings. The first-order chi connectivity index (χ1) is 8.81. The Morgan fingerprint density at radius 1 is 1.50 bits per heavy atom. The highest BCUT2D eigenvalue weighted by atomic mass is 32.2. The van der Waals surface area contributed by atoms with Gasteiger partial charge in [0.2, 0.25) is 0 Å². The molecule has 0 spiro atoms. The average molecular weight is 258 g/mol. The summed E-state index contributed by atoms with van der Waals surface area (Å²) >= 11 is 1.41. The van der Waals surface area contributed by atoms with Crippen molar-refractivity contribution in [1.82, 2.24) is 14.6 Å². The van der Waals surface area contributed by atoms with E-state index in [9.17, 15) is 5.26 Å². The molecule has 0 saturated carbocycles. The zero-order valence-electron chi connectivity index (χ0n) is 9.71. The summed E-state index contributed by atoms with van der Waals surface area (Å²) in [5.74, 6) is 0.590. The fourth-order valence-electron chi connectivity index (χ4n) is 1.57. The van der Waals surface area contributed by atoms with Crippen molar-refractivity contribution in [2.45, 2.75) is 11.4 Å². The predicted octanol–water partition coefficient (Wildman–Crippen LogP) is 1.65. The first-order valence-electron chi connectivity index (χ1n) is 5.24. The van der Waals surface area contributed by atoms with Crippen LogP contribution in [0.15, 0.2) is 17.3 Å². The average Bonchev–Trinajstić information content (AvgIpc) is 2.86. The van der Waals surface area contributed by atoms with Crippen LogP contribution in [0, 0.1) is 22.7 Å². The molecule has 0 aliphatic carbocycles. The molecule has 1 N–H and O–H groups in total. The van der Waals surface area contributed by atoms with Crippen LogP contribution in [-0.2, 0) is 0 Å². The number of aromatic nitrogens is 3. The van der Waals surface area contributed by atoms with Gasteiger partial charge in [-0.3, -0.25) is 0 Å². The van der Waals surface area contributed by atoms with Crippen LogP contribution in [0.4, 0.5) is 5.82 Å². The summed E-state index contributed by atoms with van der Waals surface area (Å²) in [4.78, 5) is 4.35. The number of rotatable bonds is 4. The highest BCUT2D eigenvalue weighted by Crippen LogP contribution is 2.25. The van der Waals surface area contributed by atoms with E-state index in [0.717, 1.165) is 0 Å². The zero-order chi connectivity index (χ0) is 13.0. The van der Waals surface area contributed by atoms with E-state index in [4.69, 9.17) is 5.26 Å². The maximum atomic E-state index is 9.23. The van der Waals surface area contributed by atoms with Gasteiger partial charge in [-0.25, -0.2) is 4.98 Å². The lowest BCUT2D eigenvalue weighted by Crippen LogP contribution is -2.10. The largest absolute Gasteiger partial charge is 0.368 e. The van der Waals surface area contributed by atoms with Crippen LogP contribution >= 0.6 is 11.8 Å². The van der Waals surface area contributed by atoms with Crippen LogP contribution in [0.5, 0.6) is 0 Å². The van der Waals surface area contributed by atoms with Crippen LogP contribution in [0.3, 0.4) is 0 Å². The molecular weight excluding hydrogens is 248 g/mol. The Balaban J connectivity index is 2.55. The van der Waals surface area contributed by atoms with Crippen molar-refractivity contribution >= 4 is 23.2 Å². The minimum absolute atomic E-state index is 0.366. The van der Waals surface area contributed by atoms with E-state index >= 15 is 0 Å². The van der Waals surface area contributed by atoms with E-state index in [0.29, 0.717) is 35.0 Å².